The summed E-state index contributed by atoms with van der Waals surface area (Å²) in [6.07, 6.45) is 10.4. The van der Waals surface area contributed by atoms with Gasteiger partial charge in [-0.1, -0.05) is 25.8 Å². The van der Waals surface area contributed by atoms with E-state index in [1.807, 2.05) is 24.8 Å². The zero-order valence-corrected chi connectivity index (χ0v) is 23.8. The van der Waals surface area contributed by atoms with E-state index < -0.39 is 15.6 Å². The quantitative estimate of drug-likeness (QED) is 0.502. The average Bonchev–Trinajstić information content (AvgIpc) is 3.68. The van der Waals surface area contributed by atoms with Gasteiger partial charge in [0.05, 0.1) is 10.9 Å². The van der Waals surface area contributed by atoms with Crippen molar-refractivity contribution in [2.45, 2.75) is 120 Å². The van der Waals surface area contributed by atoms with Crippen LogP contribution in [0.25, 0.3) is 0 Å². The molecule has 1 saturated carbocycles. The van der Waals surface area contributed by atoms with Gasteiger partial charge in [0.15, 0.2) is 0 Å². The van der Waals surface area contributed by atoms with E-state index in [9.17, 15) is 13.2 Å². The fourth-order valence-corrected chi connectivity index (χ4v) is 9.26. The molecule has 1 aromatic rings. The minimum Gasteiger partial charge on any atom is -0.441 e. The van der Waals surface area contributed by atoms with Gasteiger partial charge in [0.1, 0.15) is 5.60 Å². The molecule has 2 atom stereocenters. The van der Waals surface area contributed by atoms with Gasteiger partial charge in [0.2, 0.25) is 10.0 Å². The van der Waals surface area contributed by atoms with E-state index in [0.717, 1.165) is 75.6 Å². The summed E-state index contributed by atoms with van der Waals surface area (Å²) in [5.41, 5.74) is 1.20. The number of hydrogen-bond donors (Lipinski definition) is 0. The Morgan fingerprint density at radius 2 is 1.57 bits per heavy atom. The lowest BCUT2D eigenvalue weighted by Gasteiger charge is -2.45. The van der Waals surface area contributed by atoms with E-state index in [2.05, 4.69) is 11.8 Å². The molecule has 206 valence electrons. The molecule has 0 spiro atoms. The summed E-state index contributed by atoms with van der Waals surface area (Å²) in [4.78, 5) is 18.2. The molecular formula is C29H45N3O4S. The first-order valence-corrected chi connectivity index (χ1v) is 16.0. The van der Waals surface area contributed by atoms with Crippen molar-refractivity contribution in [1.82, 2.24) is 14.1 Å². The molecule has 4 fully saturated rings. The van der Waals surface area contributed by atoms with Crippen molar-refractivity contribution in [3.8, 4) is 0 Å². The molecule has 0 N–H and O–H groups in total. The highest BCUT2D eigenvalue weighted by molar-refractivity contribution is 7.89. The number of carbonyl (C=O) groups excluding carboxylic acids is 1. The molecule has 3 saturated heterocycles. The molecule has 0 radical (unpaired) electrons. The highest BCUT2D eigenvalue weighted by Gasteiger charge is 2.59. The van der Waals surface area contributed by atoms with Crippen molar-refractivity contribution < 1.29 is 17.9 Å². The van der Waals surface area contributed by atoms with Gasteiger partial charge in [-0.15, -0.1) is 0 Å². The minimum atomic E-state index is -3.72. The first-order valence-electron chi connectivity index (χ1n) is 14.6. The Hall–Kier alpha value is -1.64. The molecule has 0 aromatic heterocycles. The predicted octanol–water partition coefficient (Wildman–Crippen LogP) is 5.24. The number of ether oxygens (including phenoxy) is 1. The van der Waals surface area contributed by atoms with E-state index in [1.54, 1.807) is 16.4 Å². The predicted molar refractivity (Wildman–Crippen MR) is 145 cm³/mol. The van der Waals surface area contributed by atoms with Crippen molar-refractivity contribution in [2.24, 2.45) is 0 Å². The maximum absolute atomic E-state index is 14.1. The van der Waals surface area contributed by atoms with E-state index in [-0.39, 0.29) is 18.2 Å². The summed E-state index contributed by atoms with van der Waals surface area (Å²) >= 11 is 0. The molecule has 1 aromatic carbocycles. The lowest BCUT2D eigenvalue weighted by molar-refractivity contribution is -0.0144. The number of hydrogen-bond acceptors (Lipinski definition) is 5. The highest BCUT2D eigenvalue weighted by atomic mass is 32.2. The molecule has 3 aliphatic heterocycles. The summed E-state index contributed by atoms with van der Waals surface area (Å²) in [5, 5.41) is 0. The van der Waals surface area contributed by atoms with Crippen molar-refractivity contribution in [1.29, 1.82) is 0 Å². The normalized spacial score (nSPS) is 27.7. The summed E-state index contributed by atoms with van der Waals surface area (Å²) in [6.45, 7) is 9.76. The molecular weight excluding hydrogens is 486 g/mol. The van der Waals surface area contributed by atoms with Crippen molar-refractivity contribution in [3.63, 3.8) is 0 Å². The molecule has 37 heavy (non-hydrogen) atoms. The third-order valence-electron chi connectivity index (χ3n) is 9.19. The van der Waals surface area contributed by atoms with Gasteiger partial charge >= 0.3 is 6.09 Å². The summed E-state index contributed by atoms with van der Waals surface area (Å²) < 4.78 is 36.2. The Kier molecular flexibility index (Phi) is 7.90. The maximum Gasteiger partial charge on any atom is 0.410 e. The van der Waals surface area contributed by atoms with Gasteiger partial charge in [-0.05, 0) is 108 Å². The average molecular weight is 532 g/mol. The zero-order valence-electron chi connectivity index (χ0n) is 23.0. The number of sulfonamides is 1. The van der Waals surface area contributed by atoms with Gasteiger partial charge in [-0.3, -0.25) is 0 Å². The van der Waals surface area contributed by atoms with Crippen LogP contribution >= 0.6 is 0 Å². The number of amides is 1. The number of nitrogens with zero attached hydrogens (tertiary/aromatic N) is 3. The number of piperidine rings is 3. The number of carbonyl (C=O) groups is 1. The molecule has 3 heterocycles. The molecule has 0 unspecified atom stereocenters. The fraction of sp³-hybridized carbons (Fsp3) is 0.759. The van der Waals surface area contributed by atoms with Crippen LogP contribution in [0.5, 0.6) is 0 Å². The second-order valence-electron chi connectivity index (χ2n) is 11.9. The molecule has 1 aliphatic carbocycles. The third kappa shape index (κ3) is 5.57. The molecule has 4 aliphatic rings. The Bertz CT molecular complexity index is 1050. The van der Waals surface area contributed by atoms with Crippen molar-refractivity contribution in [3.05, 3.63) is 29.3 Å². The zero-order chi connectivity index (χ0) is 26.2. The number of likely N-dealkylation sites (tertiary alicyclic amines) is 2. The van der Waals surface area contributed by atoms with Crippen LogP contribution in [0.3, 0.4) is 0 Å². The summed E-state index contributed by atoms with van der Waals surface area (Å²) in [5.74, 6) is 0. The number of benzene rings is 1. The SMILES string of the molecule is CC[C@@H]1CCC[C@H](C2(OC(=O)N3CCC(N4CCCCC4)CC3)CC2)N1S(=O)(=O)c1cc(C)cc(C)c1. The van der Waals surface area contributed by atoms with Crippen LogP contribution < -0.4 is 0 Å². The second-order valence-corrected chi connectivity index (χ2v) is 13.8. The van der Waals surface area contributed by atoms with Crippen molar-refractivity contribution in [2.75, 3.05) is 26.2 Å². The Morgan fingerprint density at radius 3 is 2.16 bits per heavy atom. The minimum absolute atomic E-state index is 0.0685. The Morgan fingerprint density at radius 1 is 0.919 bits per heavy atom. The van der Waals surface area contributed by atoms with Gasteiger partial charge in [-0.25, -0.2) is 13.2 Å². The lowest BCUT2D eigenvalue weighted by Crippen LogP contribution is -2.57. The lowest BCUT2D eigenvalue weighted by atomic mass is 9.92. The Labute approximate surface area is 223 Å². The van der Waals surface area contributed by atoms with Crippen molar-refractivity contribution >= 4 is 16.1 Å². The first kappa shape index (κ1) is 26.9. The van der Waals surface area contributed by atoms with E-state index >= 15 is 0 Å². The molecule has 8 heteroatoms. The molecule has 7 nitrogen and oxygen atoms in total. The standard InChI is InChI=1S/C29H45N3O4S/c1-4-24-9-8-10-27(32(24)37(34,35)26-20-22(2)19-23(3)21-26)29(13-14-29)36-28(33)31-17-11-25(12-18-31)30-15-6-5-7-16-30/h19-21,24-25,27H,4-18H2,1-3H3/t24-,27-/m1/s1. The van der Waals surface area contributed by atoms with Crippen LogP contribution in [0.15, 0.2) is 23.1 Å². The van der Waals surface area contributed by atoms with E-state index in [0.29, 0.717) is 10.9 Å². The van der Waals surface area contributed by atoms with Gasteiger partial charge in [-0.2, -0.15) is 4.31 Å². The van der Waals surface area contributed by atoms with Gasteiger partial charge in [0.25, 0.3) is 0 Å². The van der Waals surface area contributed by atoms with Gasteiger partial charge in [0, 0.05) is 25.2 Å². The fourth-order valence-electron chi connectivity index (χ4n) is 7.06. The van der Waals surface area contributed by atoms with Crippen LogP contribution in [-0.4, -0.2) is 78.5 Å². The van der Waals surface area contributed by atoms with Crippen LogP contribution in [-0.2, 0) is 14.8 Å². The molecule has 1 amide bonds. The Balaban J connectivity index is 1.31. The van der Waals surface area contributed by atoms with Crippen LogP contribution in [0.4, 0.5) is 4.79 Å². The largest absolute Gasteiger partial charge is 0.441 e. The topological polar surface area (TPSA) is 70.2 Å². The van der Waals surface area contributed by atoms with Crippen LogP contribution in [0.2, 0.25) is 0 Å². The number of aryl methyl sites for hydroxylation is 2. The van der Waals surface area contributed by atoms with Gasteiger partial charge < -0.3 is 14.5 Å². The summed E-state index contributed by atoms with van der Waals surface area (Å²) in [7, 11) is -3.72. The van der Waals surface area contributed by atoms with E-state index in [1.165, 1.54) is 32.4 Å². The smallest absolute Gasteiger partial charge is 0.410 e. The number of rotatable bonds is 6. The monoisotopic (exact) mass is 531 g/mol. The van der Waals surface area contributed by atoms with Crippen LogP contribution in [0.1, 0.15) is 88.7 Å². The van der Waals surface area contributed by atoms with E-state index in [4.69, 9.17) is 4.74 Å². The maximum atomic E-state index is 14.1. The highest BCUT2D eigenvalue weighted by Crippen LogP contribution is 2.50. The first-order chi connectivity index (χ1) is 17.7. The second kappa shape index (κ2) is 10.9. The summed E-state index contributed by atoms with van der Waals surface area (Å²) in [6, 6.07) is 5.76. The van der Waals surface area contributed by atoms with Crippen LogP contribution in [0, 0.1) is 13.8 Å². The molecule has 5 rings (SSSR count). The molecule has 0 bridgehead atoms. The third-order valence-corrected chi connectivity index (χ3v) is 11.1.